The summed E-state index contributed by atoms with van der Waals surface area (Å²) in [6.07, 6.45) is 1.47. The van der Waals surface area contributed by atoms with Crippen molar-refractivity contribution >= 4 is 35.6 Å². The minimum atomic E-state index is -0.697. The van der Waals surface area contributed by atoms with Crippen molar-refractivity contribution in [1.29, 1.82) is 0 Å². The molecule has 1 saturated heterocycles. The Morgan fingerprint density at radius 3 is 2.50 bits per heavy atom. The second kappa shape index (κ2) is 11.3. The predicted octanol–water partition coefficient (Wildman–Crippen LogP) is 3.49. The molecule has 0 saturated carbocycles. The van der Waals surface area contributed by atoms with Gasteiger partial charge in [-0.2, -0.15) is 0 Å². The van der Waals surface area contributed by atoms with E-state index in [2.05, 4.69) is 15.4 Å². The van der Waals surface area contributed by atoms with Crippen LogP contribution in [-0.4, -0.2) is 49.5 Å². The predicted molar refractivity (Wildman–Crippen MR) is 135 cm³/mol. The van der Waals surface area contributed by atoms with Crippen molar-refractivity contribution in [2.75, 3.05) is 26.1 Å². The Kier molecular flexibility index (Phi) is 7.76. The maximum absolute atomic E-state index is 12.8. The van der Waals surface area contributed by atoms with Gasteiger partial charge in [0.1, 0.15) is 24.6 Å². The number of hydrogen-bond donors (Lipinski definition) is 2. The number of aryl methyl sites for hydroxylation is 1. The van der Waals surface area contributed by atoms with Crippen LogP contribution in [0.15, 0.2) is 64.7 Å². The van der Waals surface area contributed by atoms with E-state index < -0.39 is 30.4 Å². The van der Waals surface area contributed by atoms with E-state index in [1.165, 1.54) is 26.4 Å². The van der Waals surface area contributed by atoms with E-state index in [1.807, 2.05) is 19.1 Å². The Hall–Kier alpha value is -5.06. The molecule has 0 unspecified atom stereocenters. The Labute approximate surface area is 218 Å². The van der Waals surface area contributed by atoms with Crippen LogP contribution in [0.2, 0.25) is 0 Å². The van der Waals surface area contributed by atoms with E-state index in [-0.39, 0.29) is 18.1 Å². The van der Waals surface area contributed by atoms with Crippen LogP contribution in [0.25, 0.3) is 6.08 Å². The third-order valence-electron chi connectivity index (χ3n) is 5.52. The number of amides is 4. The number of nitrogens with zero attached hydrogens (tertiary/aromatic N) is 1. The van der Waals surface area contributed by atoms with Crippen molar-refractivity contribution < 1.29 is 37.8 Å². The molecule has 1 fully saturated rings. The summed E-state index contributed by atoms with van der Waals surface area (Å²) in [6, 6.07) is 14.5. The van der Waals surface area contributed by atoms with Crippen LogP contribution >= 0.6 is 0 Å². The molecule has 1 aliphatic rings. The maximum atomic E-state index is 12.8. The molecule has 2 aromatic carbocycles. The van der Waals surface area contributed by atoms with Gasteiger partial charge in [-0.25, -0.2) is 14.5 Å². The summed E-state index contributed by atoms with van der Waals surface area (Å²) in [5, 5.41) is 5.15. The number of urea groups is 1. The zero-order valence-electron chi connectivity index (χ0n) is 20.9. The summed E-state index contributed by atoms with van der Waals surface area (Å²) >= 11 is 0. The van der Waals surface area contributed by atoms with Gasteiger partial charge in [0.05, 0.1) is 14.2 Å². The van der Waals surface area contributed by atoms with Gasteiger partial charge in [-0.1, -0.05) is 23.8 Å². The quantitative estimate of drug-likeness (QED) is 0.249. The lowest BCUT2D eigenvalue weighted by molar-refractivity contribution is -0.127. The highest BCUT2D eigenvalue weighted by molar-refractivity contribution is 6.16. The number of ether oxygens (including phenoxy) is 3. The van der Waals surface area contributed by atoms with E-state index in [0.717, 1.165) is 10.5 Å². The van der Waals surface area contributed by atoms with Crippen molar-refractivity contribution in [1.82, 2.24) is 10.2 Å². The van der Waals surface area contributed by atoms with E-state index in [1.54, 1.807) is 36.4 Å². The molecule has 2 heterocycles. The third-order valence-corrected chi connectivity index (χ3v) is 5.52. The first kappa shape index (κ1) is 26.0. The van der Waals surface area contributed by atoms with Crippen molar-refractivity contribution in [3.05, 3.63) is 82.9 Å². The number of methoxy groups -OCH3 is 2. The van der Waals surface area contributed by atoms with Crippen LogP contribution < -0.4 is 20.1 Å². The molecule has 38 heavy (non-hydrogen) atoms. The number of benzene rings is 2. The molecule has 11 nitrogen and oxygen atoms in total. The number of anilines is 1. The molecule has 0 radical (unpaired) electrons. The topological polar surface area (TPSA) is 136 Å². The molecule has 1 aromatic heterocycles. The molecule has 1 aliphatic heterocycles. The lowest BCUT2D eigenvalue weighted by atomic mass is 10.1. The largest absolute Gasteiger partial charge is 0.493 e. The van der Waals surface area contributed by atoms with E-state index >= 15 is 0 Å². The van der Waals surface area contributed by atoms with Gasteiger partial charge in [-0.15, -0.1) is 0 Å². The SMILES string of the molecule is COC(=O)c1ccc(COc2ccc(/C=C3/NC(=O)N(CC(=O)Nc4ccc(C)cc4)C3=O)cc2OC)o1. The van der Waals surface area contributed by atoms with E-state index in [9.17, 15) is 19.2 Å². The summed E-state index contributed by atoms with van der Waals surface area (Å²) in [4.78, 5) is 49.9. The van der Waals surface area contributed by atoms with Gasteiger partial charge < -0.3 is 29.3 Å². The van der Waals surface area contributed by atoms with Gasteiger partial charge in [0, 0.05) is 5.69 Å². The summed E-state index contributed by atoms with van der Waals surface area (Å²) in [5.41, 5.74) is 2.16. The highest BCUT2D eigenvalue weighted by atomic mass is 16.5. The van der Waals surface area contributed by atoms with E-state index in [4.69, 9.17) is 13.9 Å². The molecular weight excluding hydrogens is 494 g/mol. The minimum Gasteiger partial charge on any atom is -0.493 e. The van der Waals surface area contributed by atoms with Crippen LogP contribution in [-0.2, 0) is 20.9 Å². The minimum absolute atomic E-state index is 0.0137. The van der Waals surface area contributed by atoms with Crippen LogP contribution in [0.3, 0.4) is 0 Å². The van der Waals surface area contributed by atoms with Crippen molar-refractivity contribution in [2.45, 2.75) is 13.5 Å². The van der Waals surface area contributed by atoms with Crippen LogP contribution in [0.5, 0.6) is 11.5 Å². The third kappa shape index (κ3) is 6.01. The van der Waals surface area contributed by atoms with Crippen molar-refractivity contribution in [3.8, 4) is 11.5 Å². The first-order valence-electron chi connectivity index (χ1n) is 11.5. The highest BCUT2D eigenvalue weighted by Crippen LogP contribution is 2.30. The zero-order valence-corrected chi connectivity index (χ0v) is 20.9. The molecule has 11 heteroatoms. The number of furan rings is 1. The van der Waals surface area contributed by atoms with Gasteiger partial charge in [-0.3, -0.25) is 9.59 Å². The first-order chi connectivity index (χ1) is 18.3. The van der Waals surface area contributed by atoms with Crippen LogP contribution in [0, 0.1) is 6.92 Å². The molecule has 0 spiro atoms. The number of imide groups is 1. The number of rotatable bonds is 9. The van der Waals surface area contributed by atoms with Gasteiger partial charge in [0.2, 0.25) is 11.7 Å². The Balaban J connectivity index is 1.40. The molecular formula is C27H25N3O8. The Bertz CT molecular complexity index is 1410. The van der Waals surface area contributed by atoms with Crippen molar-refractivity contribution in [2.24, 2.45) is 0 Å². The maximum Gasteiger partial charge on any atom is 0.373 e. The summed E-state index contributed by atoms with van der Waals surface area (Å²) < 4.78 is 21.1. The molecule has 4 rings (SSSR count). The number of hydrogen-bond acceptors (Lipinski definition) is 8. The summed E-state index contributed by atoms with van der Waals surface area (Å²) in [7, 11) is 2.71. The van der Waals surface area contributed by atoms with Gasteiger partial charge >= 0.3 is 12.0 Å². The smallest absolute Gasteiger partial charge is 0.373 e. The van der Waals surface area contributed by atoms with Crippen LogP contribution in [0.4, 0.5) is 10.5 Å². The van der Waals surface area contributed by atoms with Crippen molar-refractivity contribution in [3.63, 3.8) is 0 Å². The molecule has 3 aromatic rings. The number of nitrogens with one attached hydrogen (secondary N) is 2. The molecule has 196 valence electrons. The summed E-state index contributed by atoms with van der Waals surface area (Å²) in [5.74, 6) is -0.503. The molecule has 0 aliphatic carbocycles. The number of esters is 1. The first-order valence-corrected chi connectivity index (χ1v) is 11.5. The fraction of sp³-hybridized carbons (Fsp3) is 0.185. The second-order valence-electron chi connectivity index (χ2n) is 8.25. The molecule has 0 bridgehead atoms. The summed E-state index contributed by atoms with van der Waals surface area (Å²) in [6.45, 7) is 1.52. The van der Waals surface area contributed by atoms with Gasteiger partial charge in [-0.05, 0) is 55.0 Å². The fourth-order valence-electron chi connectivity index (χ4n) is 3.57. The monoisotopic (exact) mass is 519 g/mol. The molecule has 4 amide bonds. The average molecular weight is 520 g/mol. The highest BCUT2D eigenvalue weighted by Gasteiger charge is 2.35. The van der Waals surface area contributed by atoms with Gasteiger partial charge in [0.15, 0.2) is 11.5 Å². The Morgan fingerprint density at radius 2 is 1.79 bits per heavy atom. The van der Waals surface area contributed by atoms with E-state index in [0.29, 0.717) is 28.5 Å². The lowest BCUT2D eigenvalue weighted by Crippen LogP contribution is -2.38. The molecule has 0 atom stereocenters. The second-order valence-corrected chi connectivity index (χ2v) is 8.25. The standard InChI is InChI=1S/C27H25N3O8/c1-16-4-7-18(8-5-16)28-24(31)14-30-25(32)20(29-27(30)34)12-17-6-10-21(23(13-17)35-2)37-15-19-9-11-22(38-19)26(33)36-3/h4-13H,14-15H2,1-3H3,(H,28,31)(H,29,34)/b20-12+. The van der Waals surface area contributed by atoms with Gasteiger partial charge in [0.25, 0.3) is 5.91 Å². The number of carbonyl (C=O) groups is 4. The Morgan fingerprint density at radius 1 is 1.03 bits per heavy atom. The number of carbonyl (C=O) groups excluding carboxylic acids is 4. The zero-order chi connectivity index (χ0) is 27.2. The fourth-order valence-corrected chi connectivity index (χ4v) is 3.57. The normalized spacial score (nSPS) is 13.9. The van der Waals surface area contributed by atoms with Crippen LogP contribution in [0.1, 0.15) is 27.4 Å². The average Bonchev–Trinajstić information content (AvgIpc) is 3.49. The lowest BCUT2D eigenvalue weighted by Gasteiger charge is -2.12. The molecule has 2 N–H and O–H groups in total.